The second-order valence-electron chi connectivity index (χ2n) is 3.12. The number of hydrogen-bond donors (Lipinski definition) is 3. The lowest BCUT2D eigenvalue weighted by atomic mass is 10.2. The zero-order chi connectivity index (χ0) is 15.6. The van der Waals surface area contributed by atoms with Gasteiger partial charge in [-0.15, -0.1) is 0 Å². The highest BCUT2D eigenvalue weighted by molar-refractivity contribution is 5.63. The summed E-state index contributed by atoms with van der Waals surface area (Å²) >= 11 is 0. The first-order valence-electron chi connectivity index (χ1n) is 4.79. The van der Waals surface area contributed by atoms with E-state index in [4.69, 9.17) is 25.5 Å². The molecule has 0 saturated carbocycles. The van der Waals surface area contributed by atoms with Crippen LogP contribution in [0.3, 0.4) is 0 Å². The van der Waals surface area contributed by atoms with E-state index in [-0.39, 0.29) is 5.69 Å². The van der Waals surface area contributed by atoms with Gasteiger partial charge in [-0.25, -0.2) is 0 Å². The van der Waals surface area contributed by atoms with Crippen molar-refractivity contribution in [3.05, 3.63) is 29.8 Å². The molecular formula is C11H14F3NO4. The van der Waals surface area contributed by atoms with Crippen molar-refractivity contribution in [2.24, 2.45) is 0 Å². The fourth-order valence-corrected chi connectivity index (χ4v) is 0.755. The molecule has 5 nitrogen and oxygen atoms in total. The monoisotopic (exact) mass is 281 g/mol. The van der Waals surface area contributed by atoms with Crippen molar-refractivity contribution in [3.8, 4) is 0 Å². The molecule has 1 aromatic rings. The maximum Gasteiger partial charge on any atom is 0.418 e. The number of carboxylic acid groups (broad SMARTS) is 2. The predicted molar refractivity (Wildman–Crippen MR) is 62.5 cm³/mol. The van der Waals surface area contributed by atoms with Gasteiger partial charge < -0.3 is 15.9 Å². The van der Waals surface area contributed by atoms with Gasteiger partial charge in [-0.3, -0.25) is 9.59 Å². The van der Waals surface area contributed by atoms with Crippen LogP contribution < -0.4 is 5.73 Å². The third-order valence-corrected chi connectivity index (χ3v) is 1.27. The molecule has 0 aliphatic carbocycles. The quantitative estimate of drug-likeness (QED) is 0.634. The van der Waals surface area contributed by atoms with Crippen LogP contribution in [-0.4, -0.2) is 22.2 Å². The number of hydrogen-bond acceptors (Lipinski definition) is 3. The van der Waals surface area contributed by atoms with E-state index in [0.29, 0.717) is 0 Å². The summed E-state index contributed by atoms with van der Waals surface area (Å²) in [5, 5.41) is 14.8. The molecule has 0 bridgehead atoms. The topological polar surface area (TPSA) is 101 Å². The van der Waals surface area contributed by atoms with E-state index in [0.717, 1.165) is 19.9 Å². The van der Waals surface area contributed by atoms with Crippen molar-refractivity contribution in [3.63, 3.8) is 0 Å². The number of rotatable bonds is 0. The Hall–Kier alpha value is -2.25. The molecule has 0 atom stereocenters. The molecule has 0 aliphatic rings. The highest BCUT2D eigenvalue weighted by Crippen LogP contribution is 2.32. The lowest BCUT2D eigenvalue weighted by Crippen LogP contribution is -2.07. The maximum atomic E-state index is 12.0. The third-order valence-electron chi connectivity index (χ3n) is 1.27. The number of benzene rings is 1. The summed E-state index contributed by atoms with van der Waals surface area (Å²) in [4.78, 5) is 18.0. The molecule has 0 radical (unpaired) electrons. The molecule has 0 aromatic heterocycles. The zero-order valence-electron chi connectivity index (χ0n) is 10.2. The van der Waals surface area contributed by atoms with Gasteiger partial charge in [0.25, 0.3) is 11.9 Å². The van der Waals surface area contributed by atoms with Gasteiger partial charge in [-0.05, 0) is 12.1 Å². The smallest absolute Gasteiger partial charge is 0.418 e. The number of halogens is 3. The molecule has 0 amide bonds. The molecule has 0 unspecified atom stereocenters. The molecule has 0 spiro atoms. The van der Waals surface area contributed by atoms with E-state index in [1.807, 2.05) is 0 Å². The Balaban J connectivity index is 0. The predicted octanol–water partition coefficient (Wildman–Crippen LogP) is 2.47. The summed E-state index contributed by atoms with van der Waals surface area (Å²) in [6.07, 6.45) is -4.34. The standard InChI is InChI=1S/C7H6F3N.2C2H4O2/c8-7(9,10)5-3-1-2-4-6(5)11;2*1-2(3)4/h1-4H,11H2;2*1H3,(H,3,4). The summed E-state index contributed by atoms with van der Waals surface area (Å²) in [7, 11) is 0. The van der Waals surface area contributed by atoms with Crippen LogP contribution in [0.4, 0.5) is 18.9 Å². The zero-order valence-corrected chi connectivity index (χ0v) is 10.2. The van der Waals surface area contributed by atoms with Gasteiger partial charge in [0.15, 0.2) is 0 Å². The first-order chi connectivity index (χ1) is 8.48. The van der Waals surface area contributed by atoms with Crippen molar-refractivity contribution in [2.45, 2.75) is 20.0 Å². The highest BCUT2D eigenvalue weighted by atomic mass is 19.4. The average molecular weight is 281 g/mol. The van der Waals surface area contributed by atoms with Crippen LogP contribution in [-0.2, 0) is 15.8 Å². The number of nitrogens with two attached hydrogens (primary N) is 1. The first-order valence-corrected chi connectivity index (χ1v) is 4.79. The molecule has 1 rings (SSSR count). The number of anilines is 1. The molecule has 0 aliphatic heterocycles. The highest BCUT2D eigenvalue weighted by Gasteiger charge is 2.32. The Morgan fingerprint density at radius 3 is 1.58 bits per heavy atom. The summed E-state index contributed by atoms with van der Waals surface area (Å²) in [6.45, 7) is 2.17. The van der Waals surface area contributed by atoms with Gasteiger partial charge in [-0.1, -0.05) is 12.1 Å². The summed E-state index contributed by atoms with van der Waals surface area (Å²) < 4.78 is 35.9. The number of aliphatic carboxylic acids is 2. The molecule has 0 saturated heterocycles. The average Bonchev–Trinajstić information content (AvgIpc) is 2.14. The number of para-hydroxylation sites is 1. The summed E-state index contributed by atoms with van der Waals surface area (Å²) in [5.41, 5.74) is 4.07. The minimum Gasteiger partial charge on any atom is -0.481 e. The number of carbonyl (C=O) groups is 2. The Kier molecular flexibility index (Phi) is 8.83. The van der Waals surface area contributed by atoms with Crippen molar-refractivity contribution in [1.29, 1.82) is 0 Å². The Morgan fingerprint density at radius 1 is 1.05 bits per heavy atom. The van der Waals surface area contributed by atoms with Crippen LogP contribution in [0.15, 0.2) is 24.3 Å². The second-order valence-corrected chi connectivity index (χ2v) is 3.12. The molecule has 19 heavy (non-hydrogen) atoms. The van der Waals surface area contributed by atoms with Crippen molar-refractivity contribution < 1.29 is 33.0 Å². The van der Waals surface area contributed by atoms with E-state index in [9.17, 15) is 13.2 Å². The van der Waals surface area contributed by atoms with Crippen LogP contribution in [0.2, 0.25) is 0 Å². The lowest BCUT2D eigenvalue weighted by Gasteiger charge is -2.07. The van der Waals surface area contributed by atoms with E-state index in [2.05, 4.69) is 0 Å². The van der Waals surface area contributed by atoms with E-state index in [1.165, 1.54) is 18.2 Å². The van der Waals surface area contributed by atoms with Crippen LogP contribution in [0.25, 0.3) is 0 Å². The van der Waals surface area contributed by atoms with E-state index >= 15 is 0 Å². The Labute approximate surface area is 107 Å². The normalized spacial score (nSPS) is 9.32. The summed E-state index contributed by atoms with van der Waals surface area (Å²) in [5.74, 6) is -1.67. The van der Waals surface area contributed by atoms with Gasteiger partial charge in [0.1, 0.15) is 0 Å². The Bertz CT molecular complexity index is 399. The maximum absolute atomic E-state index is 12.0. The van der Waals surface area contributed by atoms with Crippen molar-refractivity contribution in [1.82, 2.24) is 0 Å². The summed E-state index contributed by atoms with van der Waals surface area (Å²) in [6, 6.07) is 4.95. The van der Waals surface area contributed by atoms with E-state index in [1.54, 1.807) is 0 Å². The van der Waals surface area contributed by atoms with Crippen LogP contribution >= 0.6 is 0 Å². The number of nitrogen functional groups attached to an aromatic ring is 1. The molecule has 0 heterocycles. The minimum absolute atomic E-state index is 0.236. The number of carboxylic acids is 2. The van der Waals surface area contributed by atoms with Crippen LogP contribution in [0, 0.1) is 0 Å². The molecule has 4 N–H and O–H groups in total. The second kappa shape index (κ2) is 8.78. The molecular weight excluding hydrogens is 267 g/mol. The van der Waals surface area contributed by atoms with Crippen LogP contribution in [0.5, 0.6) is 0 Å². The first kappa shape index (κ1) is 19.1. The minimum atomic E-state index is -4.34. The fraction of sp³-hybridized carbons (Fsp3) is 0.273. The number of alkyl halides is 3. The van der Waals surface area contributed by atoms with Crippen molar-refractivity contribution >= 4 is 17.6 Å². The van der Waals surface area contributed by atoms with Crippen molar-refractivity contribution in [2.75, 3.05) is 5.73 Å². The van der Waals surface area contributed by atoms with Gasteiger partial charge in [0.05, 0.1) is 5.56 Å². The van der Waals surface area contributed by atoms with Gasteiger partial charge in [0.2, 0.25) is 0 Å². The van der Waals surface area contributed by atoms with Gasteiger partial charge in [0, 0.05) is 19.5 Å². The lowest BCUT2D eigenvalue weighted by molar-refractivity contribution is -0.137. The molecule has 108 valence electrons. The van der Waals surface area contributed by atoms with Crippen LogP contribution in [0.1, 0.15) is 19.4 Å². The van der Waals surface area contributed by atoms with Gasteiger partial charge in [-0.2, -0.15) is 13.2 Å². The molecule has 8 heteroatoms. The largest absolute Gasteiger partial charge is 0.481 e. The molecule has 0 fully saturated rings. The Morgan fingerprint density at radius 2 is 1.37 bits per heavy atom. The SMILES string of the molecule is CC(=O)O.CC(=O)O.Nc1ccccc1C(F)(F)F. The molecule has 1 aromatic carbocycles. The van der Waals surface area contributed by atoms with E-state index < -0.39 is 23.7 Å². The third kappa shape index (κ3) is 13.7. The fourth-order valence-electron chi connectivity index (χ4n) is 0.755. The van der Waals surface area contributed by atoms with Gasteiger partial charge >= 0.3 is 6.18 Å².